The van der Waals surface area contributed by atoms with Crippen LogP contribution in [0.4, 0.5) is 0 Å². The highest BCUT2D eigenvalue weighted by atomic mass is 32.2. The summed E-state index contributed by atoms with van der Waals surface area (Å²) in [5.41, 5.74) is -0.534. The van der Waals surface area contributed by atoms with Crippen molar-refractivity contribution in [1.82, 2.24) is 14.9 Å². The van der Waals surface area contributed by atoms with Crippen LogP contribution < -0.4 is 10.6 Å². The standard InChI is InChI=1S/C14H29N3O4S/c1-11(2)17(22(6,20)21)9-7-8-15-12(18)10-16-13(19)14(3,4)5/h11H,7-10H2,1-6H3,(H,15,18)(H,16,19). The van der Waals surface area contributed by atoms with E-state index < -0.39 is 15.4 Å². The fourth-order valence-corrected chi connectivity index (χ4v) is 2.98. The highest BCUT2D eigenvalue weighted by Crippen LogP contribution is 2.11. The first-order valence-corrected chi connectivity index (χ1v) is 9.22. The molecule has 0 spiro atoms. The fourth-order valence-electron chi connectivity index (χ4n) is 1.76. The number of amides is 2. The Morgan fingerprint density at radius 3 is 2.09 bits per heavy atom. The normalized spacial score (nSPS) is 12.5. The third-order valence-electron chi connectivity index (χ3n) is 2.97. The molecule has 22 heavy (non-hydrogen) atoms. The minimum atomic E-state index is -3.24. The highest BCUT2D eigenvalue weighted by molar-refractivity contribution is 7.88. The van der Waals surface area contributed by atoms with Gasteiger partial charge in [0, 0.05) is 24.5 Å². The molecule has 2 amide bonds. The van der Waals surface area contributed by atoms with Gasteiger partial charge in [0.1, 0.15) is 0 Å². The van der Waals surface area contributed by atoms with Crippen molar-refractivity contribution in [2.24, 2.45) is 5.41 Å². The predicted molar refractivity (Wildman–Crippen MR) is 86.8 cm³/mol. The smallest absolute Gasteiger partial charge is 0.239 e. The quantitative estimate of drug-likeness (QED) is 0.625. The van der Waals surface area contributed by atoms with Crippen LogP contribution in [0.3, 0.4) is 0 Å². The van der Waals surface area contributed by atoms with Crippen molar-refractivity contribution >= 4 is 21.8 Å². The zero-order valence-electron chi connectivity index (χ0n) is 14.4. The molecule has 2 N–H and O–H groups in total. The number of hydrogen-bond donors (Lipinski definition) is 2. The predicted octanol–water partition coefficient (Wildman–Crippen LogP) is 0.325. The van der Waals surface area contributed by atoms with E-state index in [4.69, 9.17) is 0 Å². The molecule has 0 aromatic rings. The van der Waals surface area contributed by atoms with Crippen LogP contribution in [-0.2, 0) is 19.6 Å². The van der Waals surface area contributed by atoms with Gasteiger partial charge in [0.2, 0.25) is 21.8 Å². The Bertz CT molecular complexity index is 481. The molecule has 0 radical (unpaired) electrons. The SMILES string of the molecule is CC(C)N(CCCNC(=O)CNC(=O)C(C)(C)C)S(C)(=O)=O. The molecule has 8 heteroatoms. The molecule has 0 heterocycles. The van der Waals surface area contributed by atoms with Crippen molar-refractivity contribution in [2.75, 3.05) is 25.9 Å². The van der Waals surface area contributed by atoms with E-state index in [1.54, 1.807) is 20.8 Å². The van der Waals surface area contributed by atoms with Gasteiger partial charge in [-0.15, -0.1) is 0 Å². The van der Waals surface area contributed by atoms with E-state index in [9.17, 15) is 18.0 Å². The molecule has 0 aromatic heterocycles. The van der Waals surface area contributed by atoms with E-state index in [2.05, 4.69) is 10.6 Å². The molecule has 7 nitrogen and oxygen atoms in total. The van der Waals surface area contributed by atoms with E-state index in [1.165, 1.54) is 10.6 Å². The number of sulfonamides is 1. The summed E-state index contributed by atoms with van der Waals surface area (Å²) in [7, 11) is -3.24. The van der Waals surface area contributed by atoms with Crippen LogP contribution in [-0.4, -0.2) is 56.5 Å². The Hall–Kier alpha value is -1.15. The van der Waals surface area contributed by atoms with Gasteiger partial charge in [-0.2, -0.15) is 4.31 Å². The minimum Gasteiger partial charge on any atom is -0.355 e. The molecular weight excluding hydrogens is 306 g/mol. The number of nitrogens with zero attached hydrogens (tertiary/aromatic N) is 1. The van der Waals surface area contributed by atoms with Crippen LogP contribution in [0.25, 0.3) is 0 Å². The van der Waals surface area contributed by atoms with Gasteiger partial charge in [0.25, 0.3) is 0 Å². The van der Waals surface area contributed by atoms with Gasteiger partial charge in [-0.3, -0.25) is 9.59 Å². The summed E-state index contributed by atoms with van der Waals surface area (Å²) in [6.07, 6.45) is 1.69. The van der Waals surface area contributed by atoms with Crippen molar-refractivity contribution in [3.05, 3.63) is 0 Å². The van der Waals surface area contributed by atoms with E-state index in [-0.39, 0.29) is 24.4 Å². The van der Waals surface area contributed by atoms with Gasteiger partial charge >= 0.3 is 0 Å². The monoisotopic (exact) mass is 335 g/mol. The first-order chi connectivity index (χ1) is 9.85. The molecule has 0 atom stereocenters. The summed E-state index contributed by atoms with van der Waals surface area (Å²) in [6, 6.07) is -0.114. The summed E-state index contributed by atoms with van der Waals surface area (Å²) < 4.78 is 24.5. The molecule has 0 saturated heterocycles. The summed E-state index contributed by atoms with van der Waals surface area (Å²) in [6.45, 7) is 9.57. The molecule has 0 aliphatic rings. The number of carbonyl (C=O) groups is 2. The first kappa shape index (κ1) is 20.9. The van der Waals surface area contributed by atoms with Gasteiger partial charge in [-0.25, -0.2) is 8.42 Å². The highest BCUT2D eigenvalue weighted by Gasteiger charge is 2.21. The Kier molecular flexibility index (Phi) is 8.03. The van der Waals surface area contributed by atoms with Gasteiger partial charge in [-0.05, 0) is 20.3 Å². The molecule has 0 bridgehead atoms. The maximum Gasteiger partial charge on any atom is 0.239 e. The van der Waals surface area contributed by atoms with E-state index in [0.717, 1.165) is 0 Å². The van der Waals surface area contributed by atoms with Crippen molar-refractivity contribution in [3.8, 4) is 0 Å². The lowest BCUT2D eigenvalue weighted by atomic mass is 9.96. The van der Waals surface area contributed by atoms with Gasteiger partial charge in [-0.1, -0.05) is 20.8 Å². The van der Waals surface area contributed by atoms with Crippen molar-refractivity contribution < 1.29 is 18.0 Å². The van der Waals surface area contributed by atoms with Crippen LogP contribution in [0.5, 0.6) is 0 Å². The lowest BCUT2D eigenvalue weighted by molar-refractivity contribution is -0.131. The Morgan fingerprint density at radius 2 is 1.68 bits per heavy atom. The third kappa shape index (κ3) is 8.33. The lowest BCUT2D eigenvalue weighted by Gasteiger charge is -2.23. The molecule has 0 saturated carbocycles. The van der Waals surface area contributed by atoms with Crippen LogP contribution in [0.1, 0.15) is 41.0 Å². The number of rotatable bonds is 8. The summed E-state index contributed by atoms with van der Waals surface area (Å²) >= 11 is 0. The number of carbonyl (C=O) groups excluding carboxylic acids is 2. The molecule has 0 aliphatic carbocycles. The summed E-state index contributed by atoms with van der Waals surface area (Å²) in [5, 5.41) is 5.22. The average molecular weight is 335 g/mol. The fraction of sp³-hybridized carbons (Fsp3) is 0.857. The van der Waals surface area contributed by atoms with Crippen LogP contribution >= 0.6 is 0 Å². The molecule has 0 unspecified atom stereocenters. The van der Waals surface area contributed by atoms with E-state index in [1.807, 2.05) is 13.8 Å². The molecule has 130 valence electrons. The number of hydrogen-bond acceptors (Lipinski definition) is 4. The largest absolute Gasteiger partial charge is 0.355 e. The van der Waals surface area contributed by atoms with Crippen molar-refractivity contribution in [1.29, 1.82) is 0 Å². The Morgan fingerprint density at radius 1 is 1.14 bits per heavy atom. The van der Waals surface area contributed by atoms with Crippen LogP contribution in [0.15, 0.2) is 0 Å². The maximum absolute atomic E-state index is 11.6. The van der Waals surface area contributed by atoms with Crippen molar-refractivity contribution in [3.63, 3.8) is 0 Å². The van der Waals surface area contributed by atoms with Crippen LogP contribution in [0.2, 0.25) is 0 Å². The molecule has 0 rings (SSSR count). The van der Waals surface area contributed by atoms with E-state index >= 15 is 0 Å². The van der Waals surface area contributed by atoms with Gasteiger partial charge in [0.15, 0.2) is 0 Å². The second-order valence-electron chi connectivity index (χ2n) is 6.60. The zero-order valence-corrected chi connectivity index (χ0v) is 15.2. The maximum atomic E-state index is 11.6. The zero-order chi connectivity index (χ0) is 17.6. The van der Waals surface area contributed by atoms with Crippen molar-refractivity contribution in [2.45, 2.75) is 47.1 Å². The lowest BCUT2D eigenvalue weighted by Crippen LogP contribution is -2.42. The Balaban J connectivity index is 4.06. The molecule has 0 aliphatic heterocycles. The third-order valence-corrected chi connectivity index (χ3v) is 4.43. The van der Waals surface area contributed by atoms with Crippen LogP contribution in [0, 0.1) is 5.41 Å². The van der Waals surface area contributed by atoms with Gasteiger partial charge in [0.05, 0.1) is 12.8 Å². The topological polar surface area (TPSA) is 95.6 Å². The summed E-state index contributed by atoms with van der Waals surface area (Å²) in [4.78, 5) is 23.2. The van der Waals surface area contributed by atoms with E-state index in [0.29, 0.717) is 19.5 Å². The second-order valence-corrected chi connectivity index (χ2v) is 8.54. The summed E-state index contributed by atoms with van der Waals surface area (Å²) in [5.74, 6) is -0.473. The minimum absolute atomic E-state index is 0.0733. The number of nitrogens with one attached hydrogen (secondary N) is 2. The molecule has 0 aromatic carbocycles. The second kappa shape index (κ2) is 8.47. The Labute approximate surface area is 133 Å². The molecular formula is C14H29N3O4S. The average Bonchev–Trinajstić information content (AvgIpc) is 2.32. The first-order valence-electron chi connectivity index (χ1n) is 7.37. The molecule has 0 fully saturated rings. The van der Waals surface area contributed by atoms with Gasteiger partial charge < -0.3 is 10.6 Å².